The van der Waals surface area contributed by atoms with E-state index in [1.54, 1.807) is 24.3 Å². The van der Waals surface area contributed by atoms with Crippen LogP contribution in [0.25, 0.3) is 0 Å². The molecule has 5 nitrogen and oxygen atoms in total. The van der Waals surface area contributed by atoms with Crippen LogP contribution in [0.2, 0.25) is 0 Å². The molecule has 1 fully saturated rings. The maximum absolute atomic E-state index is 11.9. The zero-order chi connectivity index (χ0) is 15.8. The molecule has 5 heteroatoms. The first-order valence-electron chi connectivity index (χ1n) is 7.96. The molecule has 0 bridgehead atoms. The van der Waals surface area contributed by atoms with Crippen LogP contribution in [-0.2, 0) is 4.74 Å². The molecule has 1 aromatic carbocycles. The molecular formula is C17H24N2O3. The standard InChI is InChI=1S/C17H24N2O3/c18-16(20)13-7-9-14(10-8-13)17(21)19-11-4-12-22-15-5-2-1-3-6-15/h7-10,15H,1-6,11-12H2,(H2,18,20)(H,19,21). The number of hydrogen-bond acceptors (Lipinski definition) is 3. The number of carbonyl (C=O) groups excluding carboxylic acids is 2. The second-order valence-corrected chi connectivity index (χ2v) is 5.68. The topological polar surface area (TPSA) is 81.4 Å². The lowest BCUT2D eigenvalue weighted by atomic mass is 9.98. The lowest BCUT2D eigenvalue weighted by Crippen LogP contribution is -2.26. The van der Waals surface area contributed by atoms with Crippen LogP contribution in [0.3, 0.4) is 0 Å². The maximum Gasteiger partial charge on any atom is 0.251 e. The summed E-state index contributed by atoms with van der Waals surface area (Å²) in [4.78, 5) is 22.9. The van der Waals surface area contributed by atoms with Gasteiger partial charge in [0, 0.05) is 24.3 Å². The highest BCUT2D eigenvalue weighted by Crippen LogP contribution is 2.20. The Hall–Kier alpha value is -1.88. The molecule has 0 aromatic heterocycles. The zero-order valence-electron chi connectivity index (χ0n) is 12.8. The van der Waals surface area contributed by atoms with Crippen LogP contribution in [0, 0.1) is 0 Å². The molecule has 2 amide bonds. The summed E-state index contributed by atoms with van der Waals surface area (Å²) in [6, 6.07) is 6.33. The lowest BCUT2D eigenvalue weighted by molar-refractivity contribution is 0.0273. The van der Waals surface area contributed by atoms with Crippen molar-refractivity contribution < 1.29 is 14.3 Å². The summed E-state index contributed by atoms with van der Waals surface area (Å²) in [7, 11) is 0. The molecule has 3 N–H and O–H groups in total. The third kappa shape index (κ3) is 5.15. The van der Waals surface area contributed by atoms with Gasteiger partial charge in [0.1, 0.15) is 0 Å². The SMILES string of the molecule is NC(=O)c1ccc(C(=O)NCCCOC2CCCCC2)cc1. The summed E-state index contributed by atoms with van der Waals surface area (Å²) in [5.74, 6) is -0.638. The molecule has 0 heterocycles. The van der Waals surface area contributed by atoms with Crippen LogP contribution in [0.15, 0.2) is 24.3 Å². The Balaban J connectivity index is 1.63. The van der Waals surface area contributed by atoms with E-state index in [4.69, 9.17) is 10.5 Å². The first-order valence-corrected chi connectivity index (χ1v) is 7.96. The predicted molar refractivity (Wildman–Crippen MR) is 84.7 cm³/mol. The number of nitrogens with one attached hydrogen (secondary N) is 1. The fourth-order valence-corrected chi connectivity index (χ4v) is 2.64. The second kappa shape index (κ2) is 8.54. The molecule has 1 aliphatic carbocycles. The van der Waals surface area contributed by atoms with Crippen molar-refractivity contribution in [2.24, 2.45) is 5.73 Å². The van der Waals surface area contributed by atoms with Crippen LogP contribution >= 0.6 is 0 Å². The summed E-state index contributed by atoms with van der Waals surface area (Å²) in [5, 5.41) is 2.85. The van der Waals surface area contributed by atoms with Crippen LogP contribution in [0.1, 0.15) is 59.2 Å². The molecule has 2 rings (SSSR count). The smallest absolute Gasteiger partial charge is 0.251 e. The Bertz CT molecular complexity index is 493. The number of hydrogen-bond donors (Lipinski definition) is 2. The molecule has 0 atom stereocenters. The second-order valence-electron chi connectivity index (χ2n) is 5.68. The molecule has 0 radical (unpaired) electrons. The average molecular weight is 304 g/mol. The van der Waals surface area contributed by atoms with E-state index in [1.165, 1.54) is 32.1 Å². The van der Waals surface area contributed by atoms with Gasteiger partial charge < -0.3 is 15.8 Å². The minimum Gasteiger partial charge on any atom is -0.378 e. The van der Waals surface area contributed by atoms with E-state index < -0.39 is 5.91 Å². The summed E-state index contributed by atoms with van der Waals surface area (Å²) in [5.41, 5.74) is 6.09. The first kappa shape index (κ1) is 16.5. The van der Waals surface area contributed by atoms with Gasteiger partial charge in [-0.1, -0.05) is 19.3 Å². The van der Waals surface area contributed by atoms with Crippen molar-refractivity contribution in [2.75, 3.05) is 13.2 Å². The summed E-state index contributed by atoms with van der Waals surface area (Å²) >= 11 is 0. The van der Waals surface area contributed by atoms with Crippen LogP contribution < -0.4 is 11.1 Å². The molecule has 1 aromatic rings. The van der Waals surface area contributed by atoms with Crippen LogP contribution in [0.4, 0.5) is 0 Å². The van der Waals surface area contributed by atoms with Gasteiger partial charge in [-0.3, -0.25) is 9.59 Å². The van der Waals surface area contributed by atoms with Gasteiger partial charge in [0.05, 0.1) is 6.10 Å². The molecule has 120 valence electrons. The average Bonchev–Trinajstić information content (AvgIpc) is 2.55. The minimum absolute atomic E-state index is 0.145. The lowest BCUT2D eigenvalue weighted by Gasteiger charge is -2.21. The van der Waals surface area contributed by atoms with Gasteiger partial charge in [0.25, 0.3) is 5.91 Å². The monoisotopic (exact) mass is 304 g/mol. The van der Waals surface area contributed by atoms with E-state index in [9.17, 15) is 9.59 Å². The molecule has 1 saturated carbocycles. The molecule has 22 heavy (non-hydrogen) atoms. The van der Waals surface area contributed by atoms with Crippen molar-refractivity contribution in [2.45, 2.75) is 44.6 Å². The summed E-state index contributed by atoms with van der Waals surface area (Å²) < 4.78 is 5.81. The van der Waals surface area contributed by atoms with Gasteiger partial charge >= 0.3 is 0 Å². The first-order chi connectivity index (χ1) is 10.7. The van der Waals surface area contributed by atoms with Gasteiger partial charge in [-0.25, -0.2) is 0 Å². The van der Waals surface area contributed by atoms with Crippen LogP contribution in [-0.4, -0.2) is 31.1 Å². The molecule has 0 aliphatic heterocycles. The van der Waals surface area contributed by atoms with Crippen molar-refractivity contribution in [1.29, 1.82) is 0 Å². The number of ether oxygens (including phenoxy) is 1. The van der Waals surface area contributed by atoms with Crippen molar-refractivity contribution >= 4 is 11.8 Å². The third-order valence-corrected chi connectivity index (χ3v) is 3.94. The maximum atomic E-state index is 11.9. The highest BCUT2D eigenvalue weighted by molar-refractivity contribution is 5.97. The zero-order valence-corrected chi connectivity index (χ0v) is 12.8. The molecule has 1 aliphatic rings. The van der Waals surface area contributed by atoms with Crippen LogP contribution in [0.5, 0.6) is 0 Å². The Morgan fingerprint density at radius 2 is 1.73 bits per heavy atom. The van der Waals surface area contributed by atoms with Crippen molar-refractivity contribution in [3.05, 3.63) is 35.4 Å². The number of rotatable bonds is 7. The number of primary amides is 1. The van der Waals surface area contributed by atoms with Gasteiger partial charge in [-0.2, -0.15) is 0 Å². The Morgan fingerprint density at radius 1 is 1.09 bits per heavy atom. The molecule has 0 unspecified atom stereocenters. The minimum atomic E-state index is -0.494. The number of carbonyl (C=O) groups is 2. The van der Waals surface area contributed by atoms with Crippen molar-refractivity contribution in [3.63, 3.8) is 0 Å². The van der Waals surface area contributed by atoms with Gasteiger partial charge in [-0.05, 0) is 43.5 Å². The van der Waals surface area contributed by atoms with E-state index in [-0.39, 0.29) is 5.91 Å². The van der Waals surface area contributed by atoms with E-state index in [0.29, 0.717) is 30.4 Å². The van der Waals surface area contributed by atoms with E-state index in [1.807, 2.05) is 0 Å². The number of amides is 2. The van der Waals surface area contributed by atoms with Gasteiger partial charge in [0.15, 0.2) is 0 Å². The highest BCUT2D eigenvalue weighted by Gasteiger charge is 2.13. The fourth-order valence-electron chi connectivity index (χ4n) is 2.64. The Kier molecular flexibility index (Phi) is 6.40. The normalized spacial score (nSPS) is 15.5. The van der Waals surface area contributed by atoms with Gasteiger partial charge in [-0.15, -0.1) is 0 Å². The van der Waals surface area contributed by atoms with E-state index >= 15 is 0 Å². The molecular weight excluding hydrogens is 280 g/mol. The van der Waals surface area contributed by atoms with Crippen molar-refractivity contribution in [3.8, 4) is 0 Å². The third-order valence-electron chi connectivity index (χ3n) is 3.94. The van der Waals surface area contributed by atoms with E-state index in [2.05, 4.69) is 5.32 Å². The quantitative estimate of drug-likeness (QED) is 0.758. The largest absolute Gasteiger partial charge is 0.378 e. The molecule has 0 spiro atoms. The predicted octanol–water partition coefficient (Wildman–Crippen LogP) is 2.25. The number of nitrogens with two attached hydrogens (primary N) is 1. The summed E-state index contributed by atoms with van der Waals surface area (Å²) in [6.45, 7) is 1.27. The molecule has 0 saturated heterocycles. The van der Waals surface area contributed by atoms with E-state index in [0.717, 1.165) is 6.42 Å². The van der Waals surface area contributed by atoms with Crippen molar-refractivity contribution in [1.82, 2.24) is 5.32 Å². The Morgan fingerprint density at radius 3 is 2.36 bits per heavy atom. The van der Waals surface area contributed by atoms with Gasteiger partial charge in [0.2, 0.25) is 5.91 Å². The number of benzene rings is 1. The Labute approximate surface area is 131 Å². The highest BCUT2D eigenvalue weighted by atomic mass is 16.5. The summed E-state index contributed by atoms with van der Waals surface area (Å²) in [6.07, 6.45) is 7.40. The fraction of sp³-hybridized carbons (Fsp3) is 0.529.